The third-order valence-corrected chi connectivity index (χ3v) is 4.46. The zero-order chi connectivity index (χ0) is 15.5. The Hall–Kier alpha value is -0.540. The average Bonchev–Trinajstić information content (AvgIpc) is 2.49. The molecule has 0 fully saturated rings. The van der Waals surface area contributed by atoms with Crippen molar-refractivity contribution >= 4 is 15.9 Å². The Balaban J connectivity index is 2.23. The lowest BCUT2D eigenvalue weighted by molar-refractivity contribution is 0.402. The van der Waals surface area contributed by atoms with Crippen LogP contribution in [0.2, 0.25) is 0 Å². The lowest BCUT2D eigenvalue weighted by atomic mass is 9.99. The van der Waals surface area contributed by atoms with Crippen molar-refractivity contribution in [1.29, 1.82) is 0 Å². The Kier molecular flexibility index (Phi) is 9.77. The molecule has 0 saturated heterocycles. The van der Waals surface area contributed by atoms with Crippen molar-refractivity contribution in [2.45, 2.75) is 70.8 Å². The number of benzene rings is 1. The summed E-state index contributed by atoms with van der Waals surface area (Å²) in [7, 11) is 1.70. The third kappa shape index (κ3) is 7.32. The molecule has 1 aromatic rings. The van der Waals surface area contributed by atoms with E-state index in [1.165, 1.54) is 51.4 Å². The van der Waals surface area contributed by atoms with Crippen LogP contribution in [0.3, 0.4) is 0 Å². The van der Waals surface area contributed by atoms with E-state index in [4.69, 9.17) is 10.5 Å². The first-order valence-electron chi connectivity index (χ1n) is 8.28. The highest BCUT2D eigenvalue weighted by Gasteiger charge is 2.11. The molecule has 21 heavy (non-hydrogen) atoms. The van der Waals surface area contributed by atoms with Gasteiger partial charge in [-0.3, -0.25) is 0 Å². The molecule has 0 saturated carbocycles. The van der Waals surface area contributed by atoms with Gasteiger partial charge in [0.25, 0.3) is 0 Å². The van der Waals surface area contributed by atoms with E-state index in [2.05, 4.69) is 28.9 Å². The van der Waals surface area contributed by atoms with Crippen LogP contribution in [0, 0.1) is 0 Å². The molecule has 1 rings (SSSR count). The molecule has 1 aromatic carbocycles. The molecule has 0 bridgehead atoms. The molecule has 3 heteroatoms. The van der Waals surface area contributed by atoms with E-state index in [-0.39, 0.29) is 6.04 Å². The van der Waals surface area contributed by atoms with Crippen LogP contribution in [0.15, 0.2) is 22.7 Å². The van der Waals surface area contributed by atoms with Crippen LogP contribution >= 0.6 is 15.9 Å². The Morgan fingerprint density at radius 1 is 1.05 bits per heavy atom. The van der Waals surface area contributed by atoms with Gasteiger partial charge in [-0.2, -0.15) is 0 Å². The van der Waals surface area contributed by atoms with E-state index >= 15 is 0 Å². The first kappa shape index (κ1) is 18.5. The summed E-state index contributed by atoms with van der Waals surface area (Å²) in [6.45, 7) is 2.26. The van der Waals surface area contributed by atoms with Crippen molar-refractivity contribution in [1.82, 2.24) is 0 Å². The summed E-state index contributed by atoms with van der Waals surface area (Å²) in [5, 5.41) is 0. The van der Waals surface area contributed by atoms with Crippen molar-refractivity contribution < 1.29 is 4.74 Å². The zero-order valence-corrected chi connectivity index (χ0v) is 15.1. The van der Waals surface area contributed by atoms with Crippen LogP contribution in [0.1, 0.15) is 76.3 Å². The Morgan fingerprint density at radius 2 is 1.67 bits per heavy atom. The second-order valence-corrected chi connectivity index (χ2v) is 6.67. The zero-order valence-electron chi connectivity index (χ0n) is 13.5. The fourth-order valence-corrected chi connectivity index (χ4v) is 2.99. The molecule has 0 spiro atoms. The van der Waals surface area contributed by atoms with Gasteiger partial charge >= 0.3 is 0 Å². The number of ether oxygens (including phenoxy) is 1. The van der Waals surface area contributed by atoms with Gasteiger partial charge in [0.2, 0.25) is 0 Å². The molecule has 1 unspecified atom stereocenters. The maximum Gasteiger partial charge on any atom is 0.124 e. The maximum atomic E-state index is 6.31. The number of halogens is 1. The van der Waals surface area contributed by atoms with E-state index < -0.39 is 0 Å². The average molecular weight is 356 g/mol. The molecule has 1 atom stereocenters. The number of rotatable bonds is 11. The van der Waals surface area contributed by atoms with Crippen molar-refractivity contribution in [3.63, 3.8) is 0 Å². The molecule has 0 heterocycles. The first-order chi connectivity index (χ1) is 10.2. The van der Waals surface area contributed by atoms with Crippen molar-refractivity contribution in [2.75, 3.05) is 7.11 Å². The molecule has 0 aliphatic carbocycles. The van der Waals surface area contributed by atoms with Gasteiger partial charge in [0.15, 0.2) is 0 Å². The van der Waals surface area contributed by atoms with E-state index in [1.54, 1.807) is 7.11 Å². The first-order valence-corrected chi connectivity index (χ1v) is 9.07. The molecule has 0 radical (unpaired) electrons. The predicted octanol–water partition coefficient (Wildman–Crippen LogP) is 5.99. The summed E-state index contributed by atoms with van der Waals surface area (Å²) in [5.41, 5.74) is 7.42. The highest BCUT2D eigenvalue weighted by atomic mass is 79.9. The molecule has 0 aliphatic rings. The largest absolute Gasteiger partial charge is 0.496 e. The SMILES string of the molecule is CCCCCCCCCCC(N)c1ccc(Br)cc1OC. The number of methoxy groups -OCH3 is 1. The lowest BCUT2D eigenvalue weighted by Crippen LogP contribution is -2.11. The number of hydrogen-bond acceptors (Lipinski definition) is 2. The third-order valence-electron chi connectivity index (χ3n) is 3.96. The highest BCUT2D eigenvalue weighted by molar-refractivity contribution is 9.10. The maximum absolute atomic E-state index is 6.31. The smallest absolute Gasteiger partial charge is 0.124 e. The normalized spacial score (nSPS) is 12.4. The topological polar surface area (TPSA) is 35.2 Å². The molecular weight excluding hydrogens is 326 g/mol. The van der Waals surface area contributed by atoms with Crippen LogP contribution in [-0.4, -0.2) is 7.11 Å². The molecular formula is C18H30BrNO. The molecule has 2 N–H and O–H groups in total. The fourth-order valence-electron chi connectivity index (χ4n) is 2.64. The highest BCUT2D eigenvalue weighted by Crippen LogP contribution is 2.30. The monoisotopic (exact) mass is 355 g/mol. The van der Waals surface area contributed by atoms with Gasteiger partial charge in [-0.25, -0.2) is 0 Å². The molecule has 0 aliphatic heterocycles. The van der Waals surface area contributed by atoms with E-state index in [0.717, 1.165) is 22.2 Å². The standard InChI is InChI=1S/C18H30BrNO/c1-3-4-5-6-7-8-9-10-11-17(20)16-13-12-15(19)14-18(16)21-2/h12-14,17H,3-11,20H2,1-2H3. The van der Waals surface area contributed by atoms with E-state index in [0.29, 0.717) is 0 Å². The van der Waals surface area contributed by atoms with Crippen molar-refractivity contribution in [2.24, 2.45) is 5.73 Å². The van der Waals surface area contributed by atoms with Crippen LogP contribution in [0.4, 0.5) is 0 Å². The van der Waals surface area contributed by atoms with Crippen molar-refractivity contribution in [3.8, 4) is 5.75 Å². The van der Waals surface area contributed by atoms with Gasteiger partial charge in [-0.05, 0) is 18.6 Å². The number of hydrogen-bond donors (Lipinski definition) is 1. The molecule has 120 valence electrons. The Bertz CT molecular complexity index is 395. The summed E-state index contributed by atoms with van der Waals surface area (Å²) in [5.74, 6) is 0.886. The van der Waals surface area contributed by atoms with Gasteiger partial charge in [-0.15, -0.1) is 0 Å². The molecule has 0 amide bonds. The Morgan fingerprint density at radius 3 is 2.29 bits per heavy atom. The van der Waals surface area contributed by atoms with Crippen LogP contribution < -0.4 is 10.5 Å². The van der Waals surface area contributed by atoms with Gasteiger partial charge in [0.1, 0.15) is 5.75 Å². The number of nitrogens with two attached hydrogens (primary N) is 1. The Labute approximate surface area is 138 Å². The minimum atomic E-state index is 0.0770. The van der Waals surface area contributed by atoms with Gasteiger partial charge in [0, 0.05) is 16.1 Å². The second kappa shape index (κ2) is 11.1. The van der Waals surface area contributed by atoms with Gasteiger partial charge in [-0.1, -0.05) is 80.3 Å². The van der Waals surface area contributed by atoms with Crippen molar-refractivity contribution in [3.05, 3.63) is 28.2 Å². The van der Waals surface area contributed by atoms with E-state index in [1.807, 2.05) is 12.1 Å². The summed E-state index contributed by atoms with van der Waals surface area (Å²) in [4.78, 5) is 0. The minimum absolute atomic E-state index is 0.0770. The molecule has 0 aromatic heterocycles. The van der Waals surface area contributed by atoms with Crippen LogP contribution in [-0.2, 0) is 0 Å². The summed E-state index contributed by atoms with van der Waals surface area (Å²) < 4.78 is 6.45. The fraction of sp³-hybridized carbons (Fsp3) is 0.667. The van der Waals surface area contributed by atoms with Gasteiger partial charge in [0.05, 0.1) is 7.11 Å². The summed E-state index contributed by atoms with van der Waals surface area (Å²) in [6, 6.07) is 6.17. The molecule has 2 nitrogen and oxygen atoms in total. The summed E-state index contributed by atoms with van der Waals surface area (Å²) >= 11 is 3.46. The van der Waals surface area contributed by atoms with E-state index in [9.17, 15) is 0 Å². The van der Waals surface area contributed by atoms with Crippen LogP contribution in [0.25, 0.3) is 0 Å². The lowest BCUT2D eigenvalue weighted by Gasteiger charge is -2.16. The predicted molar refractivity (Wildman–Crippen MR) is 94.8 cm³/mol. The van der Waals surface area contributed by atoms with Gasteiger partial charge < -0.3 is 10.5 Å². The second-order valence-electron chi connectivity index (χ2n) is 5.76. The summed E-state index contributed by atoms with van der Waals surface area (Å²) in [6.07, 6.45) is 11.7. The van der Waals surface area contributed by atoms with Crippen LogP contribution in [0.5, 0.6) is 5.75 Å². The number of unbranched alkanes of at least 4 members (excludes halogenated alkanes) is 7. The minimum Gasteiger partial charge on any atom is -0.496 e. The quantitative estimate of drug-likeness (QED) is 0.494.